The lowest BCUT2D eigenvalue weighted by Crippen LogP contribution is -2.62. The topological polar surface area (TPSA) is 50.4 Å². The summed E-state index contributed by atoms with van der Waals surface area (Å²) in [5, 5.41) is 6.56. The molecule has 1 saturated carbocycles. The van der Waals surface area contributed by atoms with E-state index < -0.39 is 0 Å². The van der Waals surface area contributed by atoms with Crippen LogP contribution in [0.25, 0.3) is 0 Å². The molecular weight excluding hydrogens is 264 g/mol. The van der Waals surface area contributed by atoms with E-state index in [0.717, 1.165) is 18.5 Å². The summed E-state index contributed by atoms with van der Waals surface area (Å²) in [5.41, 5.74) is 2.40. The van der Waals surface area contributed by atoms with E-state index in [9.17, 15) is 4.79 Å². The van der Waals surface area contributed by atoms with E-state index in [2.05, 4.69) is 36.6 Å². The lowest BCUT2D eigenvalue weighted by atomic mass is 9.64. The van der Waals surface area contributed by atoms with Crippen LogP contribution in [0.4, 0.5) is 0 Å². The maximum Gasteiger partial charge on any atom is 0.229 e. The fourth-order valence-electron chi connectivity index (χ4n) is 3.53. The summed E-state index contributed by atoms with van der Waals surface area (Å²) in [4.78, 5) is 12.7. The predicted octanol–water partition coefficient (Wildman–Crippen LogP) is 1.80. The van der Waals surface area contributed by atoms with Gasteiger partial charge in [-0.25, -0.2) is 0 Å². The van der Waals surface area contributed by atoms with Gasteiger partial charge in [0.05, 0.1) is 12.0 Å². The van der Waals surface area contributed by atoms with Crippen molar-refractivity contribution >= 4 is 5.91 Å². The third kappa shape index (κ3) is 2.47. The first-order valence-electron chi connectivity index (χ1n) is 7.65. The molecular formula is C17H24N2O2. The van der Waals surface area contributed by atoms with Crippen LogP contribution in [0.1, 0.15) is 37.3 Å². The Labute approximate surface area is 126 Å². The maximum absolute atomic E-state index is 12.7. The lowest BCUT2D eigenvalue weighted by molar-refractivity contribution is -0.134. The Morgan fingerprint density at radius 2 is 2.14 bits per heavy atom. The minimum atomic E-state index is -0.0904. The molecule has 3 rings (SSSR count). The highest BCUT2D eigenvalue weighted by Gasteiger charge is 2.49. The van der Waals surface area contributed by atoms with E-state index in [1.165, 1.54) is 5.56 Å². The van der Waals surface area contributed by atoms with Gasteiger partial charge in [0.25, 0.3) is 0 Å². The molecule has 3 unspecified atom stereocenters. The fourth-order valence-corrected chi connectivity index (χ4v) is 3.53. The van der Waals surface area contributed by atoms with Crippen LogP contribution in [0, 0.1) is 5.41 Å². The number of methoxy groups -OCH3 is 1. The summed E-state index contributed by atoms with van der Waals surface area (Å²) >= 11 is 0. The number of carbonyl (C=O) groups is 1. The number of amides is 1. The molecule has 1 aromatic carbocycles. The Morgan fingerprint density at radius 1 is 1.38 bits per heavy atom. The Morgan fingerprint density at radius 3 is 2.86 bits per heavy atom. The number of nitrogens with one attached hydrogen (secondary N) is 2. The van der Waals surface area contributed by atoms with Crippen LogP contribution in [0.3, 0.4) is 0 Å². The highest BCUT2D eigenvalue weighted by Crippen LogP contribution is 2.42. The van der Waals surface area contributed by atoms with Gasteiger partial charge in [-0.1, -0.05) is 38.1 Å². The van der Waals surface area contributed by atoms with Gasteiger partial charge in [0.1, 0.15) is 0 Å². The van der Waals surface area contributed by atoms with Crippen molar-refractivity contribution in [3.63, 3.8) is 0 Å². The van der Waals surface area contributed by atoms with Crippen molar-refractivity contribution in [2.24, 2.45) is 5.41 Å². The molecule has 1 amide bonds. The summed E-state index contributed by atoms with van der Waals surface area (Å²) < 4.78 is 5.45. The summed E-state index contributed by atoms with van der Waals surface area (Å²) in [5.74, 6) is 0.0367. The molecule has 3 atom stereocenters. The minimum Gasteiger partial charge on any atom is -0.381 e. The van der Waals surface area contributed by atoms with E-state index in [1.807, 2.05) is 12.1 Å². The van der Waals surface area contributed by atoms with Crippen LogP contribution in [0.5, 0.6) is 0 Å². The normalized spacial score (nSPS) is 30.1. The third-order valence-electron chi connectivity index (χ3n) is 5.19. The largest absolute Gasteiger partial charge is 0.381 e. The summed E-state index contributed by atoms with van der Waals surface area (Å²) in [6.45, 7) is 5.87. The van der Waals surface area contributed by atoms with Crippen LogP contribution >= 0.6 is 0 Å². The second-order valence-corrected chi connectivity index (χ2v) is 6.72. The Hall–Kier alpha value is -1.39. The molecule has 4 heteroatoms. The quantitative estimate of drug-likeness (QED) is 0.892. The number of hydrogen-bond acceptors (Lipinski definition) is 3. The van der Waals surface area contributed by atoms with Crippen LogP contribution in [-0.2, 0) is 16.1 Å². The minimum absolute atomic E-state index is 0.00598. The highest BCUT2D eigenvalue weighted by atomic mass is 16.5. The van der Waals surface area contributed by atoms with Gasteiger partial charge in [-0.2, -0.15) is 0 Å². The zero-order valence-corrected chi connectivity index (χ0v) is 13.0. The molecule has 0 aromatic heterocycles. The third-order valence-corrected chi connectivity index (χ3v) is 5.19. The molecule has 0 bridgehead atoms. The van der Waals surface area contributed by atoms with E-state index >= 15 is 0 Å². The molecule has 0 spiro atoms. The van der Waals surface area contributed by atoms with Gasteiger partial charge in [0, 0.05) is 31.7 Å². The van der Waals surface area contributed by atoms with Crippen molar-refractivity contribution in [2.75, 3.05) is 13.7 Å². The average Bonchev–Trinajstić information content (AvgIpc) is 2.50. The van der Waals surface area contributed by atoms with Gasteiger partial charge < -0.3 is 15.4 Å². The summed E-state index contributed by atoms with van der Waals surface area (Å²) in [6.07, 6.45) is 1.14. The zero-order chi connectivity index (χ0) is 15.0. The molecule has 114 valence electrons. The standard InChI is InChI=1S/C17H24N2O2/c1-17(2)14(8-15(17)21-3)19-16(20)13-10-18-9-11-6-4-5-7-12(11)13/h4-7,13-15,18H,8-10H2,1-3H3,(H,19,20). The summed E-state index contributed by atoms with van der Waals surface area (Å²) in [7, 11) is 1.74. The van der Waals surface area contributed by atoms with Gasteiger partial charge in [0.2, 0.25) is 5.91 Å². The van der Waals surface area contributed by atoms with Crippen LogP contribution < -0.4 is 10.6 Å². The average molecular weight is 288 g/mol. The van der Waals surface area contributed by atoms with Crippen LogP contribution in [-0.4, -0.2) is 31.7 Å². The molecule has 4 nitrogen and oxygen atoms in total. The first-order valence-corrected chi connectivity index (χ1v) is 7.65. The lowest BCUT2D eigenvalue weighted by Gasteiger charge is -2.51. The second-order valence-electron chi connectivity index (χ2n) is 6.72. The van der Waals surface area contributed by atoms with Crippen molar-refractivity contribution < 1.29 is 9.53 Å². The fraction of sp³-hybridized carbons (Fsp3) is 0.588. The van der Waals surface area contributed by atoms with Gasteiger partial charge in [-0.05, 0) is 17.5 Å². The number of ether oxygens (including phenoxy) is 1. The van der Waals surface area contributed by atoms with Crippen molar-refractivity contribution in [3.05, 3.63) is 35.4 Å². The smallest absolute Gasteiger partial charge is 0.229 e. The molecule has 0 saturated heterocycles. The van der Waals surface area contributed by atoms with E-state index in [-0.39, 0.29) is 29.4 Å². The molecule has 2 N–H and O–H groups in total. The molecule has 1 aliphatic carbocycles. The monoisotopic (exact) mass is 288 g/mol. The number of rotatable bonds is 3. The van der Waals surface area contributed by atoms with E-state index in [4.69, 9.17) is 4.74 Å². The number of hydrogen-bond donors (Lipinski definition) is 2. The van der Waals surface area contributed by atoms with Gasteiger partial charge in [-0.3, -0.25) is 4.79 Å². The van der Waals surface area contributed by atoms with Crippen LogP contribution in [0.15, 0.2) is 24.3 Å². The molecule has 1 heterocycles. The predicted molar refractivity (Wildman–Crippen MR) is 82.0 cm³/mol. The molecule has 1 fully saturated rings. The number of carbonyl (C=O) groups excluding carboxylic acids is 1. The zero-order valence-electron chi connectivity index (χ0n) is 13.0. The van der Waals surface area contributed by atoms with Gasteiger partial charge in [-0.15, -0.1) is 0 Å². The molecule has 1 aromatic rings. The number of fused-ring (bicyclic) bond motifs is 1. The molecule has 21 heavy (non-hydrogen) atoms. The van der Waals surface area contributed by atoms with Gasteiger partial charge in [0.15, 0.2) is 0 Å². The maximum atomic E-state index is 12.7. The van der Waals surface area contributed by atoms with E-state index in [0.29, 0.717) is 6.54 Å². The summed E-state index contributed by atoms with van der Waals surface area (Å²) in [6, 6.07) is 8.40. The van der Waals surface area contributed by atoms with Crippen molar-refractivity contribution in [1.82, 2.24) is 10.6 Å². The highest BCUT2D eigenvalue weighted by molar-refractivity contribution is 5.85. The van der Waals surface area contributed by atoms with Crippen molar-refractivity contribution in [1.29, 1.82) is 0 Å². The second kappa shape index (κ2) is 5.43. The Kier molecular flexibility index (Phi) is 3.76. The molecule has 1 aliphatic heterocycles. The van der Waals surface area contributed by atoms with Crippen molar-refractivity contribution in [3.8, 4) is 0 Å². The van der Waals surface area contributed by atoms with Crippen molar-refractivity contribution in [2.45, 2.75) is 44.9 Å². The first-order chi connectivity index (χ1) is 10.0. The number of benzene rings is 1. The first kappa shape index (κ1) is 14.5. The van der Waals surface area contributed by atoms with E-state index in [1.54, 1.807) is 7.11 Å². The molecule has 0 radical (unpaired) electrons. The van der Waals surface area contributed by atoms with Crippen LogP contribution in [0.2, 0.25) is 0 Å². The molecule has 2 aliphatic rings. The Bertz CT molecular complexity index is 541. The SMILES string of the molecule is COC1CC(NC(=O)C2CNCc3ccccc32)C1(C)C. The Balaban J connectivity index is 1.70. The van der Waals surface area contributed by atoms with Gasteiger partial charge >= 0.3 is 0 Å².